The third kappa shape index (κ3) is 7.91. The van der Waals surface area contributed by atoms with Crippen LogP contribution in [0.3, 0.4) is 0 Å². The summed E-state index contributed by atoms with van der Waals surface area (Å²) in [6.07, 6.45) is 5.14. The van der Waals surface area contributed by atoms with Crippen molar-refractivity contribution in [3.8, 4) is 0 Å². The lowest BCUT2D eigenvalue weighted by atomic mass is 9.87. The van der Waals surface area contributed by atoms with Crippen LogP contribution < -0.4 is 0 Å². The molecule has 0 aromatic carbocycles. The van der Waals surface area contributed by atoms with Crippen molar-refractivity contribution < 1.29 is 15.0 Å². The summed E-state index contributed by atoms with van der Waals surface area (Å²) in [5.74, 6) is 0.820. The van der Waals surface area contributed by atoms with Gasteiger partial charge in [-0.15, -0.1) is 11.6 Å². The molecule has 0 aromatic heterocycles. The van der Waals surface area contributed by atoms with Crippen LogP contribution in [0.15, 0.2) is 0 Å². The molecular formula is C9H17ClO3. The molecule has 1 aliphatic carbocycles. The van der Waals surface area contributed by atoms with Crippen LogP contribution in [0.1, 0.15) is 39.0 Å². The largest absolute Gasteiger partial charge is 0.503 e. The Morgan fingerprint density at radius 3 is 1.92 bits per heavy atom. The van der Waals surface area contributed by atoms with Crippen molar-refractivity contribution >= 4 is 17.8 Å². The molecule has 0 amide bonds. The normalized spacial score (nSPS) is 19.8. The van der Waals surface area contributed by atoms with E-state index in [0.717, 1.165) is 5.92 Å². The molecular weight excluding hydrogens is 192 g/mol. The first-order chi connectivity index (χ1) is 6.04. The van der Waals surface area contributed by atoms with Gasteiger partial charge in [0.25, 0.3) is 0 Å². The zero-order valence-corrected chi connectivity index (χ0v) is 8.63. The van der Waals surface area contributed by atoms with Gasteiger partial charge in [0.15, 0.2) is 0 Å². The molecule has 0 aliphatic heterocycles. The molecule has 0 heterocycles. The van der Waals surface area contributed by atoms with Gasteiger partial charge in [-0.05, 0) is 25.7 Å². The van der Waals surface area contributed by atoms with Crippen LogP contribution in [-0.4, -0.2) is 21.7 Å². The van der Waals surface area contributed by atoms with E-state index >= 15 is 0 Å². The standard InChI is InChI=1S/C8H15Cl.CH2O3/c1-7(9)8-5-3-2-4-6-8;2-1(3)4/h7-8H,2-6H2,1H3;(H2,2,3,4). The highest BCUT2D eigenvalue weighted by atomic mass is 35.5. The quantitative estimate of drug-likeness (QED) is 0.650. The smallest absolute Gasteiger partial charge is 0.450 e. The molecule has 13 heavy (non-hydrogen) atoms. The Kier molecular flexibility index (Phi) is 6.77. The second-order valence-corrected chi connectivity index (χ2v) is 4.05. The zero-order chi connectivity index (χ0) is 10.3. The predicted octanol–water partition coefficient (Wildman–Crippen LogP) is 3.42. The van der Waals surface area contributed by atoms with Gasteiger partial charge >= 0.3 is 6.16 Å². The number of carbonyl (C=O) groups is 1. The van der Waals surface area contributed by atoms with E-state index in [1.807, 2.05) is 0 Å². The molecule has 0 spiro atoms. The van der Waals surface area contributed by atoms with Crippen molar-refractivity contribution in [3.05, 3.63) is 0 Å². The fraction of sp³-hybridized carbons (Fsp3) is 0.889. The van der Waals surface area contributed by atoms with E-state index in [9.17, 15) is 0 Å². The van der Waals surface area contributed by atoms with E-state index in [1.54, 1.807) is 0 Å². The fourth-order valence-electron chi connectivity index (χ4n) is 1.59. The van der Waals surface area contributed by atoms with E-state index in [1.165, 1.54) is 32.1 Å². The highest BCUT2D eigenvalue weighted by Crippen LogP contribution is 2.28. The van der Waals surface area contributed by atoms with E-state index in [4.69, 9.17) is 26.6 Å². The molecule has 0 bridgehead atoms. The summed E-state index contributed by atoms with van der Waals surface area (Å²) in [4.78, 5) is 8.56. The monoisotopic (exact) mass is 208 g/mol. The Hall–Kier alpha value is -0.440. The van der Waals surface area contributed by atoms with Crippen molar-refractivity contribution in [2.75, 3.05) is 0 Å². The first-order valence-electron chi connectivity index (χ1n) is 4.60. The van der Waals surface area contributed by atoms with Gasteiger partial charge in [0.05, 0.1) is 0 Å². The average Bonchev–Trinajstić information content (AvgIpc) is 2.05. The predicted molar refractivity (Wildman–Crippen MR) is 52.5 cm³/mol. The van der Waals surface area contributed by atoms with Crippen LogP contribution in [0.4, 0.5) is 4.79 Å². The van der Waals surface area contributed by atoms with Gasteiger partial charge in [-0.3, -0.25) is 0 Å². The van der Waals surface area contributed by atoms with Crippen LogP contribution >= 0.6 is 11.6 Å². The van der Waals surface area contributed by atoms with E-state index in [-0.39, 0.29) is 0 Å². The minimum atomic E-state index is -1.83. The number of hydrogen-bond donors (Lipinski definition) is 2. The lowest BCUT2D eigenvalue weighted by Crippen LogP contribution is -2.14. The summed E-state index contributed by atoms with van der Waals surface area (Å²) >= 11 is 5.96. The molecule has 1 aliphatic rings. The maximum atomic E-state index is 8.56. The van der Waals surface area contributed by atoms with E-state index in [2.05, 4.69) is 6.92 Å². The second kappa shape index (κ2) is 7.01. The molecule has 3 nitrogen and oxygen atoms in total. The summed E-state index contributed by atoms with van der Waals surface area (Å²) in [6.45, 7) is 2.12. The minimum absolute atomic E-state index is 0.408. The summed E-state index contributed by atoms with van der Waals surface area (Å²) in [5.41, 5.74) is 0. The molecule has 0 aromatic rings. The highest BCUT2D eigenvalue weighted by Gasteiger charge is 2.17. The van der Waals surface area contributed by atoms with Gasteiger partial charge in [-0.1, -0.05) is 19.3 Å². The molecule has 0 radical (unpaired) electrons. The Balaban J connectivity index is 0.000000310. The van der Waals surface area contributed by atoms with Gasteiger partial charge in [0.2, 0.25) is 0 Å². The van der Waals surface area contributed by atoms with Crippen LogP contribution in [0, 0.1) is 5.92 Å². The molecule has 1 atom stereocenters. The Morgan fingerprint density at radius 2 is 1.69 bits per heavy atom. The second-order valence-electron chi connectivity index (χ2n) is 3.36. The highest BCUT2D eigenvalue weighted by molar-refractivity contribution is 6.20. The third-order valence-electron chi connectivity index (χ3n) is 2.30. The van der Waals surface area contributed by atoms with Crippen LogP contribution in [0.2, 0.25) is 0 Å². The van der Waals surface area contributed by atoms with Gasteiger partial charge in [-0.25, -0.2) is 4.79 Å². The van der Waals surface area contributed by atoms with Gasteiger partial charge in [-0.2, -0.15) is 0 Å². The van der Waals surface area contributed by atoms with Gasteiger partial charge < -0.3 is 10.2 Å². The Morgan fingerprint density at radius 1 is 1.31 bits per heavy atom. The van der Waals surface area contributed by atoms with E-state index < -0.39 is 6.16 Å². The first-order valence-corrected chi connectivity index (χ1v) is 5.03. The molecule has 4 heteroatoms. The summed E-state index contributed by atoms with van der Waals surface area (Å²) < 4.78 is 0. The number of carboxylic acid groups (broad SMARTS) is 2. The van der Waals surface area contributed by atoms with Crippen molar-refractivity contribution in [1.29, 1.82) is 0 Å². The average molecular weight is 209 g/mol. The molecule has 2 N–H and O–H groups in total. The number of halogens is 1. The van der Waals surface area contributed by atoms with Crippen molar-refractivity contribution in [1.82, 2.24) is 0 Å². The maximum Gasteiger partial charge on any atom is 0.503 e. The minimum Gasteiger partial charge on any atom is -0.450 e. The van der Waals surface area contributed by atoms with Crippen molar-refractivity contribution in [2.24, 2.45) is 5.92 Å². The SMILES string of the molecule is CC(Cl)C1CCCCC1.O=C(O)O. The number of alkyl halides is 1. The van der Waals surface area contributed by atoms with Crippen molar-refractivity contribution in [2.45, 2.75) is 44.4 Å². The summed E-state index contributed by atoms with van der Waals surface area (Å²) in [7, 11) is 0. The molecule has 78 valence electrons. The van der Waals surface area contributed by atoms with E-state index in [0.29, 0.717) is 5.38 Å². The van der Waals surface area contributed by atoms with Crippen LogP contribution in [0.5, 0.6) is 0 Å². The molecule has 1 rings (SSSR count). The fourth-order valence-corrected chi connectivity index (χ4v) is 1.85. The van der Waals surface area contributed by atoms with Crippen LogP contribution in [0.25, 0.3) is 0 Å². The number of hydrogen-bond acceptors (Lipinski definition) is 1. The third-order valence-corrected chi connectivity index (χ3v) is 2.66. The maximum absolute atomic E-state index is 8.56. The first kappa shape index (κ1) is 12.6. The molecule has 1 unspecified atom stereocenters. The molecule has 1 fully saturated rings. The topological polar surface area (TPSA) is 57.5 Å². The Bertz CT molecular complexity index is 138. The molecule has 0 saturated heterocycles. The number of rotatable bonds is 1. The van der Waals surface area contributed by atoms with Crippen molar-refractivity contribution in [3.63, 3.8) is 0 Å². The zero-order valence-electron chi connectivity index (χ0n) is 7.87. The lowest BCUT2D eigenvalue weighted by Gasteiger charge is -2.23. The van der Waals surface area contributed by atoms with Crippen LogP contribution in [-0.2, 0) is 0 Å². The van der Waals surface area contributed by atoms with Gasteiger partial charge in [0, 0.05) is 5.38 Å². The lowest BCUT2D eigenvalue weighted by molar-refractivity contribution is 0.137. The summed E-state index contributed by atoms with van der Waals surface area (Å²) in [6, 6.07) is 0. The molecule has 1 saturated carbocycles. The van der Waals surface area contributed by atoms with Gasteiger partial charge in [0.1, 0.15) is 0 Å². The Labute approximate surface area is 83.7 Å². The summed E-state index contributed by atoms with van der Waals surface area (Å²) in [5, 5.41) is 14.4.